The van der Waals surface area contributed by atoms with Crippen LogP contribution in [0.2, 0.25) is 0 Å². The number of nitrogens with one attached hydrogen (secondary N) is 1. The zero-order chi connectivity index (χ0) is 25.1. The first-order chi connectivity index (χ1) is 17.1. The van der Waals surface area contributed by atoms with E-state index in [1.165, 1.54) is 24.0 Å². The van der Waals surface area contributed by atoms with E-state index >= 15 is 0 Å². The fraction of sp³-hybridized carbons (Fsp3) is 0.458. The zero-order valence-corrected chi connectivity index (χ0v) is 19.1. The molecule has 186 valence electrons. The first-order valence-corrected chi connectivity index (χ1v) is 11.5. The highest BCUT2D eigenvalue weighted by atomic mass is 16.6. The number of hydrogen-bond donors (Lipinski definition) is 1. The van der Waals surface area contributed by atoms with Gasteiger partial charge in [-0.25, -0.2) is 14.4 Å². The number of hydrogen-bond acceptors (Lipinski definition) is 10. The van der Waals surface area contributed by atoms with Gasteiger partial charge in [0.1, 0.15) is 42.4 Å². The van der Waals surface area contributed by atoms with E-state index in [1.54, 1.807) is 19.1 Å². The Hall–Kier alpha value is -3.93. The summed E-state index contributed by atoms with van der Waals surface area (Å²) in [6, 6.07) is 4.30. The molecule has 2 aromatic rings. The Balaban J connectivity index is 1.40. The Kier molecular flexibility index (Phi) is 3.94. The largest absolute Gasteiger partial charge is 0.472 e. The van der Waals surface area contributed by atoms with Crippen molar-refractivity contribution >= 4 is 34.8 Å². The molecule has 3 saturated heterocycles. The van der Waals surface area contributed by atoms with Crippen molar-refractivity contribution in [1.82, 2.24) is 10.2 Å². The van der Waals surface area contributed by atoms with Gasteiger partial charge >= 0.3 is 23.6 Å². The van der Waals surface area contributed by atoms with Crippen molar-refractivity contribution in [3.05, 3.63) is 40.2 Å². The van der Waals surface area contributed by atoms with Crippen molar-refractivity contribution in [2.75, 3.05) is 6.61 Å². The van der Waals surface area contributed by atoms with E-state index in [0.29, 0.717) is 10.9 Å². The first kappa shape index (κ1) is 21.4. The second-order valence-electron chi connectivity index (χ2n) is 9.97. The first-order valence-electron chi connectivity index (χ1n) is 11.5. The summed E-state index contributed by atoms with van der Waals surface area (Å²) in [4.78, 5) is 64.9. The molecule has 1 N–H and O–H groups in total. The van der Waals surface area contributed by atoms with Gasteiger partial charge in [0.15, 0.2) is 0 Å². The number of esters is 2. The number of benzene rings is 1. The third kappa shape index (κ3) is 2.39. The van der Waals surface area contributed by atoms with Crippen LogP contribution in [0.25, 0.3) is 11.0 Å². The van der Waals surface area contributed by atoms with E-state index in [-0.39, 0.29) is 24.4 Å². The average Bonchev–Trinajstić information content (AvgIpc) is 3.34. The van der Waals surface area contributed by atoms with Crippen LogP contribution in [0.15, 0.2) is 33.5 Å². The van der Waals surface area contributed by atoms with Crippen molar-refractivity contribution in [2.24, 2.45) is 5.41 Å². The quantitative estimate of drug-likeness (QED) is 0.438. The van der Waals surface area contributed by atoms with Crippen LogP contribution >= 0.6 is 0 Å². The summed E-state index contributed by atoms with van der Waals surface area (Å²) in [5.41, 5.74) is -2.71. The van der Waals surface area contributed by atoms with Gasteiger partial charge in [0, 0.05) is 36.4 Å². The SMILES string of the molecule is CC(=O)O[C@H]1C[C@H]2O[C@@H]1COC(=O)[C@]13Oc4cc5oc(=O)ccc5cc4[C@H]1[C@@]1(C)C(=O)NC(=O)N2[C@H]13. The molecule has 12 heteroatoms. The van der Waals surface area contributed by atoms with E-state index in [4.69, 9.17) is 23.4 Å². The molecule has 2 bridgehead atoms. The van der Waals surface area contributed by atoms with E-state index < -0.39 is 70.9 Å². The third-order valence-corrected chi connectivity index (χ3v) is 8.07. The predicted molar refractivity (Wildman–Crippen MR) is 116 cm³/mol. The standard InChI is InChI=1S/C24H20N2O10/c1-9(27)33-14-7-16-26-19-23(2,20(29)25-22(26)31)18-11-5-10-3-4-17(28)35-12(10)6-13(11)36-24(18,19)21(30)32-8-15(14)34-16/h3-6,14-16,18-19H,7-8H2,1-2H3,(H,25,29,31)/t14-,15+,16+,18-,19+,23+,24-/m0/s1. The number of amides is 3. The number of ether oxygens (including phenoxy) is 4. The van der Waals surface area contributed by atoms with Gasteiger partial charge in [-0.2, -0.15) is 0 Å². The molecule has 12 nitrogen and oxygen atoms in total. The molecule has 36 heavy (non-hydrogen) atoms. The molecule has 1 aromatic carbocycles. The van der Waals surface area contributed by atoms with Crippen LogP contribution in [0, 0.1) is 5.41 Å². The summed E-state index contributed by atoms with van der Waals surface area (Å²) in [5, 5.41) is 3.00. The third-order valence-electron chi connectivity index (χ3n) is 8.07. The Labute approximate surface area is 202 Å². The molecule has 4 fully saturated rings. The van der Waals surface area contributed by atoms with Gasteiger partial charge in [-0.3, -0.25) is 19.8 Å². The van der Waals surface area contributed by atoms with Crippen LogP contribution < -0.4 is 15.7 Å². The summed E-state index contributed by atoms with van der Waals surface area (Å²) in [6.07, 6.45) is -2.29. The predicted octanol–water partition coefficient (Wildman–Crippen LogP) is 0.552. The smallest absolute Gasteiger partial charge is 0.353 e. The Morgan fingerprint density at radius 2 is 2.00 bits per heavy atom. The fourth-order valence-electron chi connectivity index (χ4n) is 6.75. The van der Waals surface area contributed by atoms with Crippen LogP contribution in [0.1, 0.15) is 31.7 Å². The molecule has 7 rings (SSSR count). The molecule has 5 aliphatic rings. The van der Waals surface area contributed by atoms with E-state index in [0.717, 1.165) is 0 Å². The topological polar surface area (TPSA) is 151 Å². The van der Waals surface area contributed by atoms with Crippen LogP contribution in [0.3, 0.4) is 0 Å². The van der Waals surface area contributed by atoms with E-state index in [2.05, 4.69) is 5.32 Å². The highest BCUT2D eigenvalue weighted by Crippen LogP contribution is 2.70. The molecule has 0 radical (unpaired) electrons. The van der Waals surface area contributed by atoms with Crippen LogP contribution in [0.5, 0.6) is 5.75 Å². The lowest BCUT2D eigenvalue weighted by molar-refractivity contribution is -0.222. The number of cyclic esters (lactones) is 1. The molecule has 7 atom stereocenters. The molecule has 3 amide bonds. The van der Waals surface area contributed by atoms with Crippen LogP contribution in [-0.4, -0.2) is 65.5 Å². The monoisotopic (exact) mass is 496 g/mol. The van der Waals surface area contributed by atoms with E-state index in [9.17, 15) is 24.0 Å². The Bertz CT molecular complexity index is 1470. The molecule has 1 aliphatic carbocycles. The van der Waals surface area contributed by atoms with Crippen molar-refractivity contribution in [2.45, 2.75) is 56.3 Å². The molecule has 1 spiro atoms. The molecule has 1 saturated carbocycles. The zero-order valence-electron chi connectivity index (χ0n) is 19.1. The molecule has 1 aromatic heterocycles. The number of nitrogens with zero attached hydrogens (tertiary/aromatic N) is 1. The van der Waals surface area contributed by atoms with Gasteiger partial charge in [-0.15, -0.1) is 0 Å². The minimum Gasteiger partial charge on any atom is -0.472 e. The van der Waals surface area contributed by atoms with Gasteiger partial charge in [0.05, 0.1) is 11.3 Å². The van der Waals surface area contributed by atoms with Gasteiger partial charge in [-0.1, -0.05) is 0 Å². The molecule has 5 heterocycles. The highest BCUT2D eigenvalue weighted by Gasteiger charge is 2.85. The fourth-order valence-corrected chi connectivity index (χ4v) is 6.75. The number of rotatable bonds is 1. The van der Waals surface area contributed by atoms with Crippen LogP contribution in [-0.2, 0) is 28.6 Å². The summed E-state index contributed by atoms with van der Waals surface area (Å²) >= 11 is 0. The maximum Gasteiger partial charge on any atom is 0.353 e. The average molecular weight is 496 g/mol. The number of carbonyl (C=O) groups is 4. The molecule has 4 aliphatic heterocycles. The molecular weight excluding hydrogens is 476 g/mol. The van der Waals surface area contributed by atoms with Crippen molar-refractivity contribution in [3.63, 3.8) is 0 Å². The van der Waals surface area contributed by atoms with E-state index in [1.807, 2.05) is 0 Å². The minimum atomic E-state index is -1.72. The molecular formula is C24H20N2O10. The van der Waals surface area contributed by atoms with Crippen molar-refractivity contribution in [1.29, 1.82) is 0 Å². The summed E-state index contributed by atoms with van der Waals surface area (Å²) < 4.78 is 28.6. The van der Waals surface area contributed by atoms with Gasteiger partial charge in [0.25, 0.3) is 0 Å². The molecule has 0 unspecified atom stereocenters. The lowest BCUT2D eigenvalue weighted by Crippen LogP contribution is -2.87. The Morgan fingerprint density at radius 3 is 2.78 bits per heavy atom. The van der Waals surface area contributed by atoms with Crippen molar-refractivity contribution in [3.8, 4) is 5.75 Å². The lowest BCUT2D eigenvalue weighted by atomic mass is 9.45. The summed E-state index contributed by atoms with van der Waals surface area (Å²) in [5.74, 6) is -2.37. The van der Waals surface area contributed by atoms with Gasteiger partial charge in [-0.05, 0) is 19.1 Å². The number of carbonyl (C=O) groups excluding carboxylic acids is 4. The van der Waals surface area contributed by atoms with Gasteiger partial charge < -0.3 is 23.4 Å². The minimum absolute atomic E-state index is 0.138. The highest BCUT2D eigenvalue weighted by molar-refractivity contribution is 6.07. The van der Waals surface area contributed by atoms with Crippen molar-refractivity contribution < 1.29 is 42.5 Å². The number of imide groups is 1. The van der Waals surface area contributed by atoms with Crippen LogP contribution in [0.4, 0.5) is 4.79 Å². The second-order valence-corrected chi connectivity index (χ2v) is 9.97. The van der Waals surface area contributed by atoms with Gasteiger partial charge in [0.2, 0.25) is 11.5 Å². The normalized spacial score (nSPS) is 37.8. The second kappa shape index (κ2) is 6.64. The maximum absolute atomic E-state index is 13.7. The summed E-state index contributed by atoms with van der Waals surface area (Å²) in [7, 11) is 0. The lowest BCUT2D eigenvalue weighted by Gasteiger charge is -2.65. The number of urea groups is 1. The summed E-state index contributed by atoms with van der Waals surface area (Å²) in [6.45, 7) is 2.70. The maximum atomic E-state index is 13.7. The Morgan fingerprint density at radius 1 is 1.19 bits per heavy atom. The number of fused-ring (bicyclic) bond motifs is 7.